The molecule has 1 aliphatic carbocycles. The predicted octanol–water partition coefficient (Wildman–Crippen LogP) is 2.69. The first kappa shape index (κ1) is 18.2. The van der Waals surface area contributed by atoms with E-state index in [9.17, 15) is 13.2 Å². The van der Waals surface area contributed by atoms with E-state index >= 15 is 0 Å². The zero-order valence-electron chi connectivity index (χ0n) is 13.0. The molecule has 0 radical (unpaired) electrons. The minimum Gasteiger partial charge on any atom is -0.370 e. The molecule has 1 fully saturated rings. The van der Waals surface area contributed by atoms with Crippen LogP contribution < -0.4 is 10.5 Å². The Bertz CT molecular complexity index is 623. The molecule has 0 aromatic heterocycles. The second-order valence-corrected chi connectivity index (χ2v) is 8.40. The van der Waals surface area contributed by atoms with Crippen molar-refractivity contribution in [3.63, 3.8) is 0 Å². The highest BCUT2D eigenvalue weighted by atomic mass is 35.5. The summed E-state index contributed by atoms with van der Waals surface area (Å²) < 4.78 is 26.9. The number of hydrogen-bond acceptors (Lipinski definition) is 3. The van der Waals surface area contributed by atoms with Gasteiger partial charge in [-0.3, -0.25) is 4.79 Å². The Morgan fingerprint density at radius 2 is 1.70 bits per heavy atom. The van der Waals surface area contributed by atoms with Crippen LogP contribution in [-0.2, 0) is 14.8 Å². The number of hydrogen-bond donors (Lipinski definition) is 2. The van der Waals surface area contributed by atoms with E-state index in [2.05, 4.69) is 4.72 Å². The van der Waals surface area contributed by atoms with Crippen molar-refractivity contribution < 1.29 is 13.2 Å². The van der Waals surface area contributed by atoms with Gasteiger partial charge in [0.25, 0.3) is 0 Å². The Morgan fingerprint density at radius 1 is 1.13 bits per heavy atom. The second kappa shape index (κ2) is 8.13. The summed E-state index contributed by atoms with van der Waals surface area (Å²) in [6.45, 7) is 0.427. The van der Waals surface area contributed by atoms with Gasteiger partial charge in [-0.15, -0.1) is 0 Å². The third-order valence-electron chi connectivity index (χ3n) is 4.42. The van der Waals surface area contributed by atoms with Gasteiger partial charge >= 0.3 is 0 Å². The van der Waals surface area contributed by atoms with Crippen LogP contribution in [0.25, 0.3) is 0 Å². The number of carbonyl (C=O) groups excluding carboxylic acids is 1. The number of carbonyl (C=O) groups is 1. The fraction of sp³-hybridized carbons (Fsp3) is 0.562. The number of halogens is 1. The van der Waals surface area contributed by atoms with Crippen LogP contribution in [-0.4, -0.2) is 20.9 Å². The van der Waals surface area contributed by atoms with Gasteiger partial charge in [0.15, 0.2) is 0 Å². The zero-order valence-corrected chi connectivity index (χ0v) is 14.6. The fourth-order valence-electron chi connectivity index (χ4n) is 3.10. The summed E-state index contributed by atoms with van der Waals surface area (Å²) in [6, 6.07) is 6.13. The lowest BCUT2D eigenvalue weighted by atomic mass is 9.79. The molecule has 2 rings (SSSR count). The van der Waals surface area contributed by atoms with Gasteiger partial charge < -0.3 is 5.73 Å². The van der Waals surface area contributed by atoms with Crippen molar-refractivity contribution in [2.24, 2.45) is 17.6 Å². The van der Waals surface area contributed by atoms with Gasteiger partial charge in [-0.05, 0) is 55.4 Å². The van der Waals surface area contributed by atoms with Gasteiger partial charge in [0, 0.05) is 18.0 Å². The van der Waals surface area contributed by atoms with Gasteiger partial charge in [-0.1, -0.05) is 24.4 Å². The molecule has 1 aliphatic rings. The summed E-state index contributed by atoms with van der Waals surface area (Å²) in [4.78, 5) is 11.2. The third-order valence-corrected chi connectivity index (χ3v) is 6.15. The standard InChI is InChI=1S/C16H23ClN2O3S/c17-14-5-7-15(8-6-14)23(21,22)19-10-9-12-1-3-13(4-2-12)11-16(18)20/h5-8,12-13,19H,1-4,9-11H2,(H2,18,20). The van der Waals surface area contributed by atoms with E-state index in [0.29, 0.717) is 29.8 Å². The molecule has 128 valence electrons. The zero-order chi connectivity index (χ0) is 16.9. The Morgan fingerprint density at radius 3 is 2.26 bits per heavy atom. The first-order valence-electron chi connectivity index (χ1n) is 7.90. The number of amides is 1. The summed E-state index contributed by atoms with van der Waals surface area (Å²) in [5.74, 6) is 0.672. The maximum absolute atomic E-state index is 12.2. The molecular weight excluding hydrogens is 336 g/mol. The molecule has 1 amide bonds. The van der Waals surface area contributed by atoms with Crippen molar-refractivity contribution in [2.75, 3.05) is 6.54 Å². The van der Waals surface area contributed by atoms with Gasteiger partial charge in [-0.25, -0.2) is 13.1 Å². The van der Waals surface area contributed by atoms with Gasteiger partial charge in [0.1, 0.15) is 0 Å². The van der Waals surface area contributed by atoms with Gasteiger partial charge in [0.2, 0.25) is 15.9 Å². The maximum Gasteiger partial charge on any atom is 0.240 e. The van der Waals surface area contributed by atoms with E-state index in [1.165, 1.54) is 12.1 Å². The Labute approximate surface area is 142 Å². The Balaban J connectivity index is 1.75. The second-order valence-electron chi connectivity index (χ2n) is 6.20. The molecule has 1 saturated carbocycles. The van der Waals surface area contributed by atoms with Crippen LogP contribution in [0, 0.1) is 11.8 Å². The summed E-state index contributed by atoms with van der Waals surface area (Å²) in [7, 11) is -3.47. The molecular formula is C16H23ClN2O3S. The van der Waals surface area contributed by atoms with Crippen molar-refractivity contribution in [1.29, 1.82) is 0 Å². The van der Waals surface area contributed by atoms with Gasteiger partial charge in [-0.2, -0.15) is 0 Å². The Kier molecular flexibility index (Phi) is 6.44. The average Bonchev–Trinajstić information content (AvgIpc) is 2.49. The van der Waals surface area contributed by atoms with Crippen molar-refractivity contribution in [2.45, 2.75) is 43.4 Å². The van der Waals surface area contributed by atoms with Crippen molar-refractivity contribution in [3.8, 4) is 0 Å². The first-order chi connectivity index (χ1) is 10.9. The number of nitrogens with two attached hydrogens (primary N) is 1. The van der Waals surface area contributed by atoms with Crippen LogP contribution in [0.1, 0.15) is 38.5 Å². The van der Waals surface area contributed by atoms with Crippen LogP contribution in [0.4, 0.5) is 0 Å². The summed E-state index contributed by atoms with van der Waals surface area (Å²) in [6.07, 6.45) is 5.34. The number of rotatable bonds is 7. The van der Waals surface area contributed by atoms with E-state index in [1.54, 1.807) is 12.1 Å². The quantitative estimate of drug-likeness (QED) is 0.785. The minimum atomic E-state index is -3.47. The monoisotopic (exact) mass is 358 g/mol. The number of nitrogens with one attached hydrogen (secondary N) is 1. The lowest BCUT2D eigenvalue weighted by Gasteiger charge is -2.27. The van der Waals surface area contributed by atoms with Crippen LogP contribution in [0.2, 0.25) is 5.02 Å². The number of benzene rings is 1. The molecule has 23 heavy (non-hydrogen) atoms. The highest BCUT2D eigenvalue weighted by Gasteiger charge is 2.22. The lowest BCUT2D eigenvalue weighted by molar-refractivity contribution is -0.119. The smallest absolute Gasteiger partial charge is 0.240 e. The molecule has 0 aliphatic heterocycles. The van der Waals surface area contributed by atoms with Crippen molar-refractivity contribution >= 4 is 27.5 Å². The molecule has 0 spiro atoms. The van der Waals surface area contributed by atoms with E-state index in [0.717, 1.165) is 32.1 Å². The van der Waals surface area contributed by atoms with Crippen molar-refractivity contribution in [3.05, 3.63) is 29.3 Å². The van der Waals surface area contributed by atoms with Crippen LogP contribution in [0.3, 0.4) is 0 Å². The van der Waals surface area contributed by atoms with Crippen LogP contribution >= 0.6 is 11.6 Å². The predicted molar refractivity (Wildman–Crippen MR) is 90.5 cm³/mol. The molecule has 3 N–H and O–H groups in total. The first-order valence-corrected chi connectivity index (χ1v) is 9.76. The fourth-order valence-corrected chi connectivity index (χ4v) is 4.28. The SMILES string of the molecule is NC(=O)CC1CCC(CCNS(=O)(=O)c2ccc(Cl)cc2)CC1. The summed E-state index contributed by atoms with van der Waals surface area (Å²) >= 11 is 5.77. The van der Waals surface area contributed by atoms with Crippen LogP contribution in [0.15, 0.2) is 29.2 Å². The molecule has 7 heteroatoms. The highest BCUT2D eigenvalue weighted by Crippen LogP contribution is 2.32. The summed E-state index contributed by atoms with van der Waals surface area (Å²) in [5, 5.41) is 0.511. The topological polar surface area (TPSA) is 89.3 Å². The van der Waals surface area contributed by atoms with E-state index in [1.807, 2.05) is 0 Å². The molecule has 0 unspecified atom stereocenters. The highest BCUT2D eigenvalue weighted by molar-refractivity contribution is 7.89. The van der Waals surface area contributed by atoms with Crippen molar-refractivity contribution in [1.82, 2.24) is 4.72 Å². The molecule has 0 bridgehead atoms. The average molecular weight is 359 g/mol. The minimum absolute atomic E-state index is 0.229. The van der Waals surface area contributed by atoms with Crippen LogP contribution in [0.5, 0.6) is 0 Å². The molecule has 0 heterocycles. The largest absolute Gasteiger partial charge is 0.370 e. The van der Waals surface area contributed by atoms with E-state index < -0.39 is 10.0 Å². The van der Waals surface area contributed by atoms with Gasteiger partial charge in [0.05, 0.1) is 4.90 Å². The molecule has 1 aromatic carbocycles. The van der Waals surface area contributed by atoms with E-state index in [4.69, 9.17) is 17.3 Å². The Hall–Kier alpha value is -1.11. The molecule has 5 nitrogen and oxygen atoms in total. The molecule has 0 saturated heterocycles. The number of sulfonamides is 1. The summed E-state index contributed by atoms with van der Waals surface area (Å²) in [5.41, 5.74) is 5.23. The molecule has 1 aromatic rings. The van der Waals surface area contributed by atoms with E-state index in [-0.39, 0.29) is 10.8 Å². The maximum atomic E-state index is 12.2. The lowest BCUT2D eigenvalue weighted by Crippen LogP contribution is -2.27. The number of primary amides is 1. The third kappa shape index (κ3) is 5.79. The molecule has 0 atom stereocenters. The normalized spacial score (nSPS) is 22.0.